The van der Waals surface area contributed by atoms with Crippen molar-refractivity contribution in [3.8, 4) is 0 Å². The number of hydrogen-bond donors (Lipinski definition) is 1. The van der Waals surface area contributed by atoms with Crippen molar-refractivity contribution in [3.63, 3.8) is 0 Å². The van der Waals surface area contributed by atoms with Gasteiger partial charge in [-0.05, 0) is 6.92 Å². The van der Waals surface area contributed by atoms with E-state index in [1.54, 1.807) is 0 Å². The predicted molar refractivity (Wildman–Crippen MR) is 33.0 cm³/mol. The summed E-state index contributed by atoms with van der Waals surface area (Å²) in [7, 11) is 2.01. The highest BCUT2D eigenvalue weighted by Gasteiger charge is 2.31. The molecule has 1 fully saturated rings. The summed E-state index contributed by atoms with van der Waals surface area (Å²) in [6, 6.07) is 0. The topological polar surface area (TPSA) is 35.1 Å². The third-order valence-electron chi connectivity index (χ3n) is 1.47. The number of nitrogens with two attached hydrogens (primary N) is 1. The fourth-order valence-electron chi connectivity index (χ4n) is 1.05. The van der Waals surface area contributed by atoms with Gasteiger partial charge in [-0.2, -0.15) is 0 Å². The summed E-state index contributed by atoms with van der Waals surface area (Å²) in [6.07, 6.45) is 0. The highest BCUT2D eigenvalue weighted by atomic mass is 79.9. The second kappa shape index (κ2) is 4.28. The Morgan fingerprint density at radius 3 is 2.30 bits per heavy atom. The molecule has 0 amide bonds. The van der Waals surface area contributed by atoms with Gasteiger partial charge in [-0.25, -0.2) is 0 Å². The van der Waals surface area contributed by atoms with Crippen LogP contribution in [0.2, 0.25) is 0 Å². The molecule has 1 aliphatic rings. The number of hydrogen-bond acceptors (Lipinski definition) is 2. The summed E-state index contributed by atoms with van der Waals surface area (Å²) in [5.41, 5.74) is 0. The minimum absolute atomic E-state index is 0. The zero-order valence-electron chi connectivity index (χ0n) is 6.39. The first-order valence-electron chi connectivity index (χ1n) is 3.32. The number of rotatable bonds is 2. The molecule has 4 heteroatoms. The van der Waals surface area contributed by atoms with Gasteiger partial charge in [0.2, 0.25) is 5.79 Å². The molecule has 2 N–H and O–H groups in total. The minimum Gasteiger partial charge on any atom is -1.00 e. The average Bonchev–Trinajstić information content (AvgIpc) is 2.16. The van der Waals surface area contributed by atoms with Crippen LogP contribution in [0.5, 0.6) is 0 Å². The molecule has 0 atom stereocenters. The highest BCUT2D eigenvalue weighted by Crippen LogP contribution is 2.15. The van der Waals surface area contributed by atoms with Crippen LogP contribution in [0.15, 0.2) is 0 Å². The minimum atomic E-state index is -0.311. The van der Waals surface area contributed by atoms with Crippen LogP contribution >= 0.6 is 0 Å². The van der Waals surface area contributed by atoms with Crippen molar-refractivity contribution in [2.75, 3.05) is 26.8 Å². The Kier molecular flexibility index (Phi) is 4.44. The first-order chi connectivity index (χ1) is 4.27. The van der Waals surface area contributed by atoms with Gasteiger partial charge >= 0.3 is 0 Å². The molecule has 0 unspecified atom stereocenters. The second-order valence-electron chi connectivity index (χ2n) is 2.44. The van der Waals surface area contributed by atoms with E-state index in [4.69, 9.17) is 9.47 Å². The Bertz CT molecular complexity index is 93.7. The van der Waals surface area contributed by atoms with E-state index >= 15 is 0 Å². The zero-order chi connectivity index (χ0) is 6.74. The van der Waals surface area contributed by atoms with E-state index in [0.717, 1.165) is 19.8 Å². The standard InChI is InChI=1S/C6H13NO2.BrH/c1-6(5-7-2)8-3-4-9-6;/h7H,3-5H2,1-2H3;1H. The lowest BCUT2D eigenvalue weighted by Crippen LogP contribution is -3.00. The molecule has 0 saturated carbocycles. The number of ether oxygens (including phenoxy) is 2. The van der Waals surface area contributed by atoms with E-state index in [0.29, 0.717) is 0 Å². The van der Waals surface area contributed by atoms with Crippen LogP contribution in [0.4, 0.5) is 0 Å². The molecule has 1 aliphatic heterocycles. The SMILES string of the molecule is C[NH2+]CC1(C)OCCO1.[Br-]. The molecular weight excluding hydrogens is 198 g/mol. The third-order valence-corrected chi connectivity index (χ3v) is 1.47. The van der Waals surface area contributed by atoms with Crippen molar-refractivity contribution in [1.82, 2.24) is 0 Å². The van der Waals surface area contributed by atoms with Gasteiger partial charge < -0.3 is 31.8 Å². The molecule has 62 valence electrons. The molecule has 1 saturated heterocycles. The molecule has 0 aromatic rings. The first kappa shape index (κ1) is 10.4. The summed E-state index contributed by atoms with van der Waals surface area (Å²) in [5.74, 6) is -0.311. The van der Waals surface area contributed by atoms with Crippen molar-refractivity contribution in [3.05, 3.63) is 0 Å². The van der Waals surface area contributed by atoms with Crippen molar-refractivity contribution < 1.29 is 31.8 Å². The quantitative estimate of drug-likeness (QED) is 0.505. The largest absolute Gasteiger partial charge is 1.00 e. The molecule has 0 aromatic carbocycles. The van der Waals surface area contributed by atoms with E-state index in [9.17, 15) is 0 Å². The Hall–Kier alpha value is 0.360. The Balaban J connectivity index is 0.000000810. The van der Waals surface area contributed by atoms with E-state index in [1.807, 2.05) is 14.0 Å². The van der Waals surface area contributed by atoms with E-state index in [1.165, 1.54) is 0 Å². The van der Waals surface area contributed by atoms with E-state index < -0.39 is 0 Å². The van der Waals surface area contributed by atoms with Crippen molar-refractivity contribution in [2.45, 2.75) is 12.7 Å². The maximum Gasteiger partial charge on any atom is 0.215 e. The molecular formula is C6H14BrNO2. The van der Waals surface area contributed by atoms with Crippen LogP contribution in [0.1, 0.15) is 6.92 Å². The van der Waals surface area contributed by atoms with Crippen LogP contribution in [-0.2, 0) is 9.47 Å². The second-order valence-corrected chi connectivity index (χ2v) is 2.44. The number of quaternary nitrogens is 1. The monoisotopic (exact) mass is 211 g/mol. The molecule has 3 nitrogen and oxygen atoms in total. The predicted octanol–water partition coefficient (Wildman–Crippen LogP) is -4.05. The van der Waals surface area contributed by atoms with Gasteiger partial charge in [0, 0.05) is 0 Å². The van der Waals surface area contributed by atoms with E-state index in [2.05, 4.69) is 5.32 Å². The van der Waals surface area contributed by atoms with Crippen molar-refractivity contribution in [2.24, 2.45) is 0 Å². The van der Waals surface area contributed by atoms with Gasteiger partial charge in [0.25, 0.3) is 0 Å². The highest BCUT2D eigenvalue weighted by molar-refractivity contribution is 4.64. The van der Waals surface area contributed by atoms with Crippen LogP contribution in [0.3, 0.4) is 0 Å². The van der Waals surface area contributed by atoms with Gasteiger partial charge in [0.1, 0.15) is 6.54 Å². The summed E-state index contributed by atoms with van der Waals surface area (Å²) in [6.45, 7) is 4.34. The lowest BCUT2D eigenvalue weighted by Gasteiger charge is -2.18. The average molecular weight is 212 g/mol. The molecule has 0 aromatic heterocycles. The lowest BCUT2D eigenvalue weighted by molar-refractivity contribution is -0.648. The molecule has 10 heavy (non-hydrogen) atoms. The number of likely N-dealkylation sites (N-methyl/N-ethyl adjacent to an activating group) is 1. The van der Waals surface area contributed by atoms with Crippen molar-refractivity contribution in [1.29, 1.82) is 0 Å². The van der Waals surface area contributed by atoms with Gasteiger partial charge in [0.05, 0.1) is 20.3 Å². The molecule has 1 rings (SSSR count). The molecule has 0 spiro atoms. The maximum absolute atomic E-state index is 5.33. The van der Waals surface area contributed by atoms with Crippen LogP contribution < -0.4 is 22.3 Å². The molecule has 0 bridgehead atoms. The Morgan fingerprint density at radius 2 is 1.90 bits per heavy atom. The Morgan fingerprint density at radius 1 is 1.40 bits per heavy atom. The summed E-state index contributed by atoms with van der Waals surface area (Å²) < 4.78 is 10.7. The molecule has 0 radical (unpaired) electrons. The number of halogens is 1. The summed E-state index contributed by atoms with van der Waals surface area (Å²) >= 11 is 0. The fraction of sp³-hybridized carbons (Fsp3) is 1.00. The fourth-order valence-corrected chi connectivity index (χ4v) is 1.05. The van der Waals surface area contributed by atoms with Gasteiger partial charge in [0.15, 0.2) is 0 Å². The van der Waals surface area contributed by atoms with Crippen LogP contribution in [0.25, 0.3) is 0 Å². The van der Waals surface area contributed by atoms with Gasteiger partial charge in [-0.3, -0.25) is 0 Å². The maximum atomic E-state index is 5.33. The first-order valence-corrected chi connectivity index (χ1v) is 3.32. The van der Waals surface area contributed by atoms with E-state index in [-0.39, 0.29) is 22.8 Å². The van der Waals surface area contributed by atoms with Gasteiger partial charge in [-0.1, -0.05) is 0 Å². The van der Waals surface area contributed by atoms with Crippen LogP contribution in [-0.4, -0.2) is 32.6 Å². The summed E-state index contributed by atoms with van der Waals surface area (Å²) in [4.78, 5) is 0. The lowest BCUT2D eigenvalue weighted by atomic mass is 10.3. The normalized spacial score (nSPS) is 22.2. The van der Waals surface area contributed by atoms with Crippen molar-refractivity contribution >= 4 is 0 Å². The van der Waals surface area contributed by atoms with Gasteiger partial charge in [-0.15, -0.1) is 0 Å². The third kappa shape index (κ3) is 2.54. The zero-order valence-corrected chi connectivity index (χ0v) is 7.98. The Labute approximate surface area is 71.8 Å². The smallest absolute Gasteiger partial charge is 0.215 e. The molecule has 0 aliphatic carbocycles. The van der Waals surface area contributed by atoms with Crippen LogP contribution in [0, 0.1) is 0 Å². The molecule has 1 heterocycles. The summed E-state index contributed by atoms with van der Waals surface area (Å²) in [5, 5.41) is 2.06.